The molecule has 0 amide bonds. The highest BCUT2D eigenvalue weighted by Gasteiger charge is 2.40. The summed E-state index contributed by atoms with van der Waals surface area (Å²) in [6.45, 7) is 0.219. The molecule has 0 saturated carbocycles. The summed E-state index contributed by atoms with van der Waals surface area (Å²) in [7, 11) is 0. The molecule has 0 saturated heterocycles. The maximum absolute atomic E-state index is 13.0. The van der Waals surface area contributed by atoms with Crippen LogP contribution >= 0.6 is 11.3 Å². The Kier molecular flexibility index (Phi) is 4.04. The number of nitrogens with one attached hydrogen (secondary N) is 1. The fourth-order valence-corrected chi connectivity index (χ4v) is 2.34. The van der Waals surface area contributed by atoms with Crippen LogP contribution in [-0.4, -0.2) is 6.18 Å². The molecule has 1 aromatic heterocycles. The predicted octanol–water partition coefficient (Wildman–Crippen LogP) is 4.14. The van der Waals surface area contributed by atoms with E-state index in [1.165, 1.54) is 23.5 Å². The molecular formula is C13H12F3NS. The van der Waals surface area contributed by atoms with E-state index in [1.807, 2.05) is 17.5 Å². The molecule has 1 atom stereocenters. The first-order chi connectivity index (χ1) is 8.57. The lowest BCUT2D eigenvalue weighted by molar-refractivity contribution is -0.158. The quantitative estimate of drug-likeness (QED) is 0.881. The third-order valence-corrected chi connectivity index (χ3v) is 3.40. The van der Waals surface area contributed by atoms with Gasteiger partial charge in [-0.3, -0.25) is 5.32 Å². The van der Waals surface area contributed by atoms with Gasteiger partial charge in [0.2, 0.25) is 0 Å². The topological polar surface area (TPSA) is 12.0 Å². The average molecular weight is 271 g/mol. The first kappa shape index (κ1) is 13.1. The summed E-state index contributed by atoms with van der Waals surface area (Å²) in [5.74, 6) is 0. The van der Waals surface area contributed by atoms with Crippen molar-refractivity contribution < 1.29 is 13.2 Å². The van der Waals surface area contributed by atoms with E-state index in [9.17, 15) is 13.2 Å². The molecule has 1 heterocycles. The number of benzene rings is 1. The molecule has 0 aliphatic heterocycles. The summed E-state index contributed by atoms with van der Waals surface area (Å²) < 4.78 is 38.9. The summed E-state index contributed by atoms with van der Waals surface area (Å²) >= 11 is 1.44. The highest BCUT2D eigenvalue weighted by atomic mass is 32.1. The van der Waals surface area contributed by atoms with Crippen molar-refractivity contribution in [2.24, 2.45) is 0 Å². The van der Waals surface area contributed by atoms with E-state index in [4.69, 9.17) is 0 Å². The fourth-order valence-electron chi connectivity index (χ4n) is 1.68. The van der Waals surface area contributed by atoms with E-state index >= 15 is 0 Å². The second-order valence-electron chi connectivity index (χ2n) is 3.85. The molecule has 0 spiro atoms. The Balaban J connectivity index is 2.12. The van der Waals surface area contributed by atoms with Gasteiger partial charge in [-0.15, -0.1) is 11.3 Å². The first-order valence-corrected chi connectivity index (χ1v) is 6.33. The molecule has 0 radical (unpaired) electrons. The van der Waals surface area contributed by atoms with Crippen LogP contribution in [0.2, 0.25) is 0 Å². The number of alkyl halides is 3. The maximum Gasteiger partial charge on any atom is 0.407 e. The van der Waals surface area contributed by atoms with Crippen LogP contribution in [0.4, 0.5) is 13.2 Å². The van der Waals surface area contributed by atoms with Gasteiger partial charge in [0, 0.05) is 11.4 Å². The lowest BCUT2D eigenvalue weighted by Crippen LogP contribution is -2.33. The number of hydrogen-bond acceptors (Lipinski definition) is 2. The molecule has 0 aliphatic rings. The molecular weight excluding hydrogens is 259 g/mol. The highest BCUT2D eigenvalue weighted by molar-refractivity contribution is 7.09. The highest BCUT2D eigenvalue weighted by Crippen LogP contribution is 2.32. The van der Waals surface area contributed by atoms with Crippen LogP contribution < -0.4 is 5.32 Å². The second-order valence-corrected chi connectivity index (χ2v) is 4.88. The van der Waals surface area contributed by atoms with E-state index in [2.05, 4.69) is 5.32 Å². The summed E-state index contributed by atoms with van der Waals surface area (Å²) in [5.41, 5.74) is 0.238. The van der Waals surface area contributed by atoms with Gasteiger partial charge in [-0.1, -0.05) is 36.4 Å². The number of halogens is 3. The molecule has 2 rings (SSSR count). The van der Waals surface area contributed by atoms with Crippen molar-refractivity contribution in [1.82, 2.24) is 5.32 Å². The van der Waals surface area contributed by atoms with E-state index in [0.717, 1.165) is 4.88 Å². The largest absolute Gasteiger partial charge is 0.407 e. The van der Waals surface area contributed by atoms with E-state index in [0.29, 0.717) is 0 Å². The predicted molar refractivity (Wildman–Crippen MR) is 66.4 cm³/mol. The Morgan fingerprint density at radius 1 is 1.06 bits per heavy atom. The van der Waals surface area contributed by atoms with Gasteiger partial charge in [-0.25, -0.2) is 0 Å². The van der Waals surface area contributed by atoms with Gasteiger partial charge in [0.15, 0.2) is 0 Å². The second kappa shape index (κ2) is 5.54. The summed E-state index contributed by atoms with van der Waals surface area (Å²) in [6, 6.07) is 9.92. The van der Waals surface area contributed by atoms with Gasteiger partial charge in [0.05, 0.1) is 0 Å². The minimum absolute atomic E-state index is 0.219. The van der Waals surface area contributed by atoms with Crippen LogP contribution in [0.1, 0.15) is 16.5 Å². The molecule has 1 unspecified atom stereocenters. The Labute approximate surface area is 107 Å². The van der Waals surface area contributed by atoms with Crippen molar-refractivity contribution in [3.05, 3.63) is 58.3 Å². The minimum Gasteiger partial charge on any atom is -0.298 e. The molecule has 1 N–H and O–H groups in total. The fraction of sp³-hybridized carbons (Fsp3) is 0.231. The Morgan fingerprint density at radius 2 is 1.78 bits per heavy atom. The van der Waals surface area contributed by atoms with Crippen LogP contribution in [0.25, 0.3) is 0 Å². The molecule has 1 aromatic carbocycles. The van der Waals surface area contributed by atoms with Gasteiger partial charge in [0.1, 0.15) is 6.04 Å². The minimum atomic E-state index is -4.29. The van der Waals surface area contributed by atoms with Gasteiger partial charge in [0.25, 0.3) is 0 Å². The summed E-state index contributed by atoms with van der Waals surface area (Å²) in [6.07, 6.45) is -4.29. The zero-order valence-electron chi connectivity index (χ0n) is 9.45. The van der Waals surface area contributed by atoms with Crippen LogP contribution in [0.3, 0.4) is 0 Å². The Bertz CT molecular complexity index is 465. The molecule has 2 aromatic rings. The summed E-state index contributed by atoms with van der Waals surface area (Å²) in [5, 5.41) is 4.41. The van der Waals surface area contributed by atoms with Gasteiger partial charge in [-0.2, -0.15) is 13.2 Å². The average Bonchev–Trinajstić information content (AvgIpc) is 2.82. The van der Waals surface area contributed by atoms with Crippen molar-refractivity contribution in [2.75, 3.05) is 0 Å². The first-order valence-electron chi connectivity index (χ1n) is 5.45. The molecule has 0 aliphatic carbocycles. The number of rotatable bonds is 4. The SMILES string of the molecule is FC(F)(F)C(NCc1cccs1)c1ccccc1. The van der Waals surface area contributed by atoms with Crippen molar-refractivity contribution in [1.29, 1.82) is 0 Å². The molecule has 0 bridgehead atoms. The number of thiophene rings is 1. The Hall–Kier alpha value is -1.33. The molecule has 0 fully saturated rings. The van der Waals surface area contributed by atoms with Crippen molar-refractivity contribution in [3.8, 4) is 0 Å². The van der Waals surface area contributed by atoms with Gasteiger partial charge < -0.3 is 0 Å². The van der Waals surface area contributed by atoms with Gasteiger partial charge >= 0.3 is 6.18 Å². The van der Waals surface area contributed by atoms with Crippen molar-refractivity contribution in [3.63, 3.8) is 0 Å². The lowest BCUT2D eigenvalue weighted by atomic mass is 10.1. The van der Waals surface area contributed by atoms with Crippen LogP contribution in [0, 0.1) is 0 Å². The standard InChI is InChI=1S/C13H12F3NS/c14-13(15,16)12(10-5-2-1-3-6-10)17-9-11-7-4-8-18-11/h1-8,12,17H,9H2. The molecule has 1 nitrogen and oxygen atoms in total. The van der Waals surface area contributed by atoms with E-state index < -0.39 is 12.2 Å². The monoisotopic (exact) mass is 271 g/mol. The van der Waals surface area contributed by atoms with Crippen molar-refractivity contribution >= 4 is 11.3 Å². The van der Waals surface area contributed by atoms with Gasteiger partial charge in [-0.05, 0) is 17.0 Å². The molecule has 5 heteroatoms. The van der Waals surface area contributed by atoms with E-state index in [-0.39, 0.29) is 12.1 Å². The normalized spacial score (nSPS) is 13.5. The zero-order chi connectivity index (χ0) is 13.0. The van der Waals surface area contributed by atoms with Crippen LogP contribution in [0.15, 0.2) is 47.8 Å². The molecule has 96 valence electrons. The molecule has 18 heavy (non-hydrogen) atoms. The third kappa shape index (κ3) is 3.34. The maximum atomic E-state index is 13.0. The number of hydrogen-bond donors (Lipinski definition) is 1. The smallest absolute Gasteiger partial charge is 0.298 e. The Morgan fingerprint density at radius 3 is 2.33 bits per heavy atom. The van der Waals surface area contributed by atoms with Crippen molar-refractivity contribution in [2.45, 2.75) is 18.8 Å². The third-order valence-electron chi connectivity index (χ3n) is 2.52. The van der Waals surface area contributed by atoms with Crippen LogP contribution in [0.5, 0.6) is 0 Å². The summed E-state index contributed by atoms with van der Waals surface area (Å²) in [4.78, 5) is 0.889. The zero-order valence-corrected chi connectivity index (χ0v) is 10.3. The van der Waals surface area contributed by atoms with Crippen LogP contribution in [-0.2, 0) is 6.54 Å². The van der Waals surface area contributed by atoms with E-state index in [1.54, 1.807) is 18.2 Å². The lowest BCUT2D eigenvalue weighted by Gasteiger charge is -2.21.